The number of para-hydroxylation sites is 1. The molecule has 2 aromatic heterocycles. The van der Waals surface area contributed by atoms with Crippen molar-refractivity contribution in [2.75, 3.05) is 13.1 Å². The Morgan fingerprint density at radius 2 is 1.74 bits per heavy atom. The summed E-state index contributed by atoms with van der Waals surface area (Å²) in [7, 11) is 1.78. The van der Waals surface area contributed by atoms with Gasteiger partial charge in [0.1, 0.15) is 0 Å². The fourth-order valence-corrected chi connectivity index (χ4v) is 5.53. The SMILES string of the molecule is Cn1c(=O)c2cc(C(=O)NC3CCN(Cc4ccccc4)CC3)sc2c2ccccc21. The van der Waals surface area contributed by atoms with Crippen molar-refractivity contribution in [3.63, 3.8) is 0 Å². The average Bonchev–Trinajstić information content (AvgIpc) is 3.26. The first-order valence-electron chi connectivity index (χ1n) is 10.7. The Morgan fingerprint density at radius 3 is 2.52 bits per heavy atom. The quantitative estimate of drug-likeness (QED) is 0.528. The van der Waals surface area contributed by atoms with Gasteiger partial charge in [-0.2, -0.15) is 0 Å². The van der Waals surface area contributed by atoms with Gasteiger partial charge in [-0.1, -0.05) is 48.5 Å². The first kappa shape index (κ1) is 20.0. The third-order valence-electron chi connectivity index (χ3n) is 6.17. The van der Waals surface area contributed by atoms with Crippen LogP contribution in [-0.4, -0.2) is 34.5 Å². The largest absolute Gasteiger partial charge is 0.349 e. The molecular weight excluding hydrogens is 406 g/mol. The number of amides is 1. The maximum absolute atomic E-state index is 13.0. The molecule has 5 nitrogen and oxygen atoms in total. The predicted octanol–water partition coefficient (Wildman–Crippen LogP) is 4.15. The van der Waals surface area contributed by atoms with Gasteiger partial charge in [0.15, 0.2) is 0 Å². The van der Waals surface area contributed by atoms with E-state index in [1.807, 2.05) is 30.3 Å². The Bertz CT molecular complexity index is 1300. The van der Waals surface area contributed by atoms with Crippen LogP contribution in [0.3, 0.4) is 0 Å². The summed E-state index contributed by atoms with van der Waals surface area (Å²) >= 11 is 1.41. The number of pyridine rings is 1. The number of piperidine rings is 1. The number of nitrogens with one attached hydrogen (secondary N) is 1. The zero-order chi connectivity index (χ0) is 21.4. The highest BCUT2D eigenvalue weighted by Crippen LogP contribution is 2.30. The topological polar surface area (TPSA) is 54.3 Å². The van der Waals surface area contributed by atoms with E-state index in [-0.39, 0.29) is 17.5 Å². The van der Waals surface area contributed by atoms with Gasteiger partial charge in [0.25, 0.3) is 11.5 Å². The monoisotopic (exact) mass is 431 g/mol. The lowest BCUT2D eigenvalue weighted by atomic mass is 10.0. The van der Waals surface area contributed by atoms with Crippen LogP contribution in [0.4, 0.5) is 0 Å². The van der Waals surface area contributed by atoms with Gasteiger partial charge in [0, 0.05) is 42.8 Å². The Labute approximate surface area is 184 Å². The first-order chi connectivity index (χ1) is 15.1. The van der Waals surface area contributed by atoms with Gasteiger partial charge in [-0.3, -0.25) is 14.5 Å². The van der Waals surface area contributed by atoms with E-state index < -0.39 is 0 Å². The molecule has 5 rings (SSSR count). The molecule has 0 radical (unpaired) electrons. The summed E-state index contributed by atoms with van der Waals surface area (Å²) in [6.45, 7) is 2.89. The maximum atomic E-state index is 13.0. The molecule has 1 amide bonds. The standard InChI is InChI=1S/C25H25N3O2S/c1-27-21-10-6-5-9-19(21)23-20(25(27)30)15-22(31-23)24(29)26-18-11-13-28(14-12-18)16-17-7-3-2-4-8-17/h2-10,15,18H,11-14,16H2,1H3,(H,26,29). The van der Waals surface area contributed by atoms with Gasteiger partial charge in [0.05, 0.1) is 15.8 Å². The van der Waals surface area contributed by atoms with Crippen LogP contribution in [0.1, 0.15) is 28.1 Å². The number of rotatable bonds is 4. The van der Waals surface area contributed by atoms with Crippen molar-refractivity contribution in [1.29, 1.82) is 0 Å². The summed E-state index contributed by atoms with van der Waals surface area (Å²) in [5, 5.41) is 4.83. The molecule has 0 saturated carbocycles. The molecule has 0 spiro atoms. The van der Waals surface area contributed by atoms with E-state index in [1.165, 1.54) is 16.9 Å². The lowest BCUT2D eigenvalue weighted by molar-refractivity contribution is 0.0913. The number of fused-ring (bicyclic) bond motifs is 3. The van der Waals surface area contributed by atoms with Crippen molar-refractivity contribution in [1.82, 2.24) is 14.8 Å². The van der Waals surface area contributed by atoms with E-state index in [0.717, 1.165) is 48.1 Å². The fourth-order valence-electron chi connectivity index (χ4n) is 4.44. The molecule has 31 heavy (non-hydrogen) atoms. The Balaban J connectivity index is 1.30. The molecule has 158 valence electrons. The minimum Gasteiger partial charge on any atom is -0.349 e. The zero-order valence-corrected chi connectivity index (χ0v) is 18.3. The Morgan fingerprint density at radius 1 is 1.03 bits per heavy atom. The van der Waals surface area contributed by atoms with Crippen LogP contribution in [0, 0.1) is 0 Å². The number of benzene rings is 2. The number of carbonyl (C=O) groups is 1. The normalized spacial score (nSPS) is 15.5. The van der Waals surface area contributed by atoms with E-state index in [0.29, 0.717) is 10.3 Å². The molecule has 0 aliphatic carbocycles. The number of aryl methyl sites for hydroxylation is 1. The maximum Gasteiger partial charge on any atom is 0.261 e. The highest BCUT2D eigenvalue weighted by Gasteiger charge is 2.23. The van der Waals surface area contributed by atoms with E-state index in [1.54, 1.807) is 17.7 Å². The number of thiophene rings is 1. The summed E-state index contributed by atoms with van der Waals surface area (Å²) in [6, 6.07) is 20.3. The fraction of sp³-hybridized carbons (Fsp3) is 0.280. The van der Waals surface area contributed by atoms with E-state index in [9.17, 15) is 9.59 Å². The van der Waals surface area contributed by atoms with Crippen LogP contribution in [-0.2, 0) is 13.6 Å². The molecule has 3 heterocycles. The van der Waals surface area contributed by atoms with E-state index in [4.69, 9.17) is 0 Å². The molecule has 0 bridgehead atoms. The van der Waals surface area contributed by atoms with Gasteiger partial charge in [-0.05, 0) is 30.5 Å². The van der Waals surface area contributed by atoms with Crippen molar-refractivity contribution in [3.05, 3.63) is 81.5 Å². The van der Waals surface area contributed by atoms with Crippen LogP contribution in [0.25, 0.3) is 21.0 Å². The van der Waals surface area contributed by atoms with Crippen LogP contribution in [0.15, 0.2) is 65.5 Å². The summed E-state index contributed by atoms with van der Waals surface area (Å²) in [6.07, 6.45) is 1.88. The van der Waals surface area contributed by atoms with Crippen molar-refractivity contribution in [2.45, 2.75) is 25.4 Å². The number of nitrogens with zero attached hydrogens (tertiary/aromatic N) is 2. The minimum absolute atomic E-state index is 0.0572. The molecular formula is C25H25N3O2S. The Hall–Kier alpha value is -2.96. The highest BCUT2D eigenvalue weighted by molar-refractivity contribution is 7.21. The molecule has 1 N–H and O–H groups in total. The lowest BCUT2D eigenvalue weighted by Crippen LogP contribution is -2.44. The molecule has 1 fully saturated rings. The van der Waals surface area contributed by atoms with Crippen LogP contribution in [0.5, 0.6) is 0 Å². The van der Waals surface area contributed by atoms with Gasteiger partial charge in [-0.25, -0.2) is 0 Å². The van der Waals surface area contributed by atoms with Crippen molar-refractivity contribution in [2.24, 2.45) is 7.05 Å². The highest BCUT2D eigenvalue weighted by atomic mass is 32.1. The first-order valence-corrected chi connectivity index (χ1v) is 11.5. The number of hydrogen-bond donors (Lipinski definition) is 1. The second kappa shape index (κ2) is 8.29. The van der Waals surface area contributed by atoms with Crippen LogP contribution >= 0.6 is 11.3 Å². The van der Waals surface area contributed by atoms with Gasteiger partial charge < -0.3 is 9.88 Å². The van der Waals surface area contributed by atoms with Crippen molar-refractivity contribution in [3.8, 4) is 0 Å². The summed E-state index contributed by atoms with van der Waals surface area (Å²) in [4.78, 5) is 28.8. The average molecular weight is 432 g/mol. The number of hydrogen-bond acceptors (Lipinski definition) is 4. The summed E-state index contributed by atoms with van der Waals surface area (Å²) in [5.74, 6) is -0.0751. The minimum atomic E-state index is -0.0751. The van der Waals surface area contributed by atoms with Gasteiger partial charge in [-0.15, -0.1) is 11.3 Å². The van der Waals surface area contributed by atoms with Crippen LogP contribution < -0.4 is 10.9 Å². The van der Waals surface area contributed by atoms with Crippen LogP contribution in [0.2, 0.25) is 0 Å². The zero-order valence-electron chi connectivity index (χ0n) is 17.5. The third kappa shape index (κ3) is 3.89. The molecule has 6 heteroatoms. The summed E-state index contributed by atoms with van der Waals surface area (Å²) < 4.78 is 2.55. The predicted molar refractivity (Wildman–Crippen MR) is 127 cm³/mol. The summed E-state index contributed by atoms with van der Waals surface area (Å²) in [5.41, 5.74) is 2.15. The Kier molecular flexibility index (Phi) is 5.34. The molecule has 0 unspecified atom stereocenters. The second-order valence-corrected chi connectivity index (χ2v) is 9.30. The molecule has 0 atom stereocenters. The number of likely N-dealkylation sites (tertiary alicyclic amines) is 1. The molecule has 1 aliphatic heterocycles. The van der Waals surface area contributed by atoms with Crippen molar-refractivity contribution < 1.29 is 4.79 Å². The smallest absolute Gasteiger partial charge is 0.261 e. The van der Waals surface area contributed by atoms with E-state index in [2.05, 4.69) is 34.5 Å². The van der Waals surface area contributed by atoms with Crippen molar-refractivity contribution >= 4 is 38.2 Å². The lowest BCUT2D eigenvalue weighted by Gasteiger charge is -2.32. The number of aromatic nitrogens is 1. The van der Waals surface area contributed by atoms with Gasteiger partial charge in [0.2, 0.25) is 0 Å². The molecule has 2 aromatic carbocycles. The van der Waals surface area contributed by atoms with Gasteiger partial charge >= 0.3 is 0 Å². The molecule has 1 saturated heterocycles. The molecule has 1 aliphatic rings. The molecule has 4 aromatic rings. The number of carbonyl (C=O) groups excluding carboxylic acids is 1. The second-order valence-electron chi connectivity index (χ2n) is 8.24. The third-order valence-corrected chi connectivity index (χ3v) is 7.34. The van der Waals surface area contributed by atoms with E-state index >= 15 is 0 Å².